The number of hydrogen-bond donors (Lipinski definition) is 2. The second-order valence-corrected chi connectivity index (χ2v) is 3.35. The summed E-state index contributed by atoms with van der Waals surface area (Å²) < 4.78 is 5.17. The van der Waals surface area contributed by atoms with Gasteiger partial charge in [0.1, 0.15) is 0 Å². The molecule has 3 nitrogen and oxygen atoms in total. The lowest BCUT2D eigenvalue weighted by Gasteiger charge is -2.20. The zero-order chi connectivity index (χ0) is 7.19. The van der Waals surface area contributed by atoms with Gasteiger partial charge in [0.15, 0.2) is 0 Å². The highest BCUT2D eigenvalue weighted by atomic mass is 16.5. The van der Waals surface area contributed by atoms with Crippen molar-refractivity contribution in [1.29, 1.82) is 0 Å². The van der Waals surface area contributed by atoms with Crippen molar-refractivity contribution in [3.05, 3.63) is 0 Å². The Labute approximate surface area is 60.1 Å². The first-order valence-electron chi connectivity index (χ1n) is 3.69. The highest BCUT2D eigenvalue weighted by Gasteiger charge is 2.62. The molecule has 0 amide bonds. The minimum atomic E-state index is -1.17. The molecule has 0 aromatic carbocycles. The number of rotatable bonds is 1. The third kappa shape index (κ3) is 0.728. The molecule has 1 aliphatic heterocycles. The van der Waals surface area contributed by atoms with E-state index in [-0.39, 0.29) is 5.31 Å². The van der Waals surface area contributed by atoms with Gasteiger partial charge in [-0.1, -0.05) is 0 Å². The SMILES string of the molecule is OB(O)[C@@]12COCC[C@@H]1C2. The Bertz CT molecular complexity index is 150. The fourth-order valence-corrected chi connectivity index (χ4v) is 1.84. The largest absolute Gasteiger partial charge is 0.460 e. The van der Waals surface area contributed by atoms with E-state index < -0.39 is 7.12 Å². The summed E-state index contributed by atoms with van der Waals surface area (Å²) >= 11 is 0. The lowest BCUT2D eigenvalue weighted by Crippen LogP contribution is -2.30. The van der Waals surface area contributed by atoms with E-state index in [2.05, 4.69) is 0 Å². The molecule has 0 unspecified atom stereocenters. The molecule has 1 aliphatic carbocycles. The van der Waals surface area contributed by atoms with Gasteiger partial charge in [-0.2, -0.15) is 0 Å². The van der Waals surface area contributed by atoms with Crippen LogP contribution < -0.4 is 0 Å². The molecule has 2 rings (SSSR count). The minimum absolute atomic E-state index is 0.266. The molecular formula is C6H11BO3. The maximum atomic E-state index is 8.95. The van der Waals surface area contributed by atoms with Crippen LogP contribution in [0.4, 0.5) is 0 Å². The van der Waals surface area contributed by atoms with Crippen LogP contribution >= 0.6 is 0 Å². The third-order valence-corrected chi connectivity index (χ3v) is 2.78. The maximum absolute atomic E-state index is 8.95. The van der Waals surface area contributed by atoms with Crippen molar-refractivity contribution in [3.8, 4) is 0 Å². The first-order valence-corrected chi connectivity index (χ1v) is 3.69. The Kier molecular flexibility index (Phi) is 1.31. The van der Waals surface area contributed by atoms with Crippen molar-refractivity contribution in [2.75, 3.05) is 13.2 Å². The Balaban J connectivity index is 2.05. The van der Waals surface area contributed by atoms with Crippen molar-refractivity contribution >= 4 is 7.12 Å². The van der Waals surface area contributed by atoms with Crippen molar-refractivity contribution in [2.24, 2.45) is 5.92 Å². The zero-order valence-electron chi connectivity index (χ0n) is 5.79. The van der Waals surface area contributed by atoms with Crippen molar-refractivity contribution in [2.45, 2.75) is 18.2 Å². The standard InChI is InChI=1S/C6H11BO3/c8-7(9)6-3-5(6)1-2-10-4-6/h5,8-9H,1-4H2/t5-,6+/m1/s1. The van der Waals surface area contributed by atoms with Crippen LogP contribution in [0.2, 0.25) is 5.31 Å². The molecule has 1 heterocycles. The van der Waals surface area contributed by atoms with Crippen molar-refractivity contribution < 1.29 is 14.8 Å². The number of ether oxygens (including phenoxy) is 1. The predicted octanol–water partition coefficient (Wildman–Crippen LogP) is -0.360. The topological polar surface area (TPSA) is 49.7 Å². The third-order valence-electron chi connectivity index (χ3n) is 2.78. The molecule has 2 atom stereocenters. The molecule has 0 spiro atoms. The molecule has 4 heteroatoms. The molecular weight excluding hydrogens is 131 g/mol. The van der Waals surface area contributed by atoms with Crippen LogP contribution in [0.15, 0.2) is 0 Å². The fourth-order valence-electron chi connectivity index (χ4n) is 1.84. The molecule has 1 saturated heterocycles. The Morgan fingerprint density at radius 3 is 2.80 bits per heavy atom. The highest BCUT2D eigenvalue weighted by molar-refractivity contribution is 6.47. The van der Waals surface area contributed by atoms with Crippen LogP contribution in [-0.4, -0.2) is 30.4 Å². The molecule has 1 saturated carbocycles. The smallest absolute Gasteiger partial charge is 0.427 e. The normalized spacial score (nSPS) is 44.4. The Morgan fingerprint density at radius 1 is 1.50 bits per heavy atom. The Hall–Kier alpha value is -0.0551. The number of fused-ring (bicyclic) bond motifs is 1. The molecule has 2 fully saturated rings. The summed E-state index contributed by atoms with van der Waals surface area (Å²) in [5.74, 6) is 0.515. The van der Waals surface area contributed by atoms with Gasteiger partial charge in [0.25, 0.3) is 0 Å². The molecule has 0 radical (unpaired) electrons. The van der Waals surface area contributed by atoms with Gasteiger partial charge in [-0.3, -0.25) is 0 Å². The van der Waals surface area contributed by atoms with Gasteiger partial charge < -0.3 is 14.8 Å². The second kappa shape index (κ2) is 1.97. The van der Waals surface area contributed by atoms with Crippen molar-refractivity contribution in [1.82, 2.24) is 0 Å². The quantitative estimate of drug-likeness (QED) is 0.491. The Morgan fingerprint density at radius 2 is 2.30 bits per heavy atom. The zero-order valence-corrected chi connectivity index (χ0v) is 5.79. The van der Waals surface area contributed by atoms with Gasteiger partial charge in [-0.15, -0.1) is 0 Å². The molecule has 0 bridgehead atoms. The summed E-state index contributed by atoms with van der Waals surface area (Å²) in [5.41, 5.74) is 0. The van der Waals surface area contributed by atoms with Gasteiger partial charge >= 0.3 is 7.12 Å². The molecule has 0 aromatic rings. The first kappa shape index (κ1) is 6.64. The summed E-state index contributed by atoms with van der Waals surface area (Å²) in [6.07, 6.45) is 1.93. The predicted molar refractivity (Wildman–Crippen MR) is 36.4 cm³/mol. The van der Waals surface area contributed by atoms with Gasteiger partial charge in [0.05, 0.1) is 6.61 Å². The lowest BCUT2D eigenvalue weighted by molar-refractivity contribution is 0.0838. The van der Waals surface area contributed by atoms with E-state index in [4.69, 9.17) is 14.8 Å². The van der Waals surface area contributed by atoms with Crippen LogP contribution in [0.5, 0.6) is 0 Å². The first-order chi connectivity index (χ1) is 4.76. The minimum Gasteiger partial charge on any atom is -0.427 e. The van der Waals surface area contributed by atoms with E-state index in [1.165, 1.54) is 0 Å². The molecule has 10 heavy (non-hydrogen) atoms. The van der Waals surface area contributed by atoms with E-state index in [1.807, 2.05) is 0 Å². The van der Waals surface area contributed by atoms with Crippen LogP contribution in [0, 0.1) is 5.92 Å². The van der Waals surface area contributed by atoms with Crippen LogP contribution in [-0.2, 0) is 4.74 Å². The van der Waals surface area contributed by atoms with E-state index in [0.29, 0.717) is 12.5 Å². The molecule has 2 N–H and O–H groups in total. The van der Waals surface area contributed by atoms with Crippen LogP contribution in [0.3, 0.4) is 0 Å². The summed E-state index contributed by atoms with van der Waals surface area (Å²) in [5, 5.41) is 17.6. The monoisotopic (exact) mass is 142 g/mol. The highest BCUT2D eigenvalue weighted by Crippen LogP contribution is 2.64. The van der Waals surface area contributed by atoms with Gasteiger partial charge in [-0.05, 0) is 18.8 Å². The van der Waals surface area contributed by atoms with E-state index >= 15 is 0 Å². The maximum Gasteiger partial charge on any atom is 0.460 e. The molecule has 2 aliphatic rings. The summed E-state index contributed by atoms with van der Waals surface area (Å²) in [7, 11) is -1.17. The summed E-state index contributed by atoms with van der Waals surface area (Å²) in [6, 6.07) is 0. The number of hydrogen-bond acceptors (Lipinski definition) is 3. The van der Waals surface area contributed by atoms with Crippen LogP contribution in [0.25, 0.3) is 0 Å². The van der Waals surface area contributed by atoms with E-state index in [9.17, 15) is 0 Å². The fraction of sp³-hybridized carbons (Fsp3) is 1.00. The van der Waals surface area contributed by atoms with E-state index in [1.54, 1.807) is 0 Å². The van der Waals surface area contributed by atoms with Crippen molar-refractivity contribution in [3.63, 3.8) is 0 Å². The lowest BCUT2D eigenvalue weighted by atomic mass is 9.67. The second-order valence-electron chi connectivity index (χ2n) is 3.35. The summed E-state index contributed by atoms with van der Waals surface area (Å²) in [4.78, 5) is 0. The average molecular weight is 142 g/mol. The van der Waals surface area contributed by atoms with Crippen LogP contribution in [0.1, 0.15) is 12.8 Å². The summed E-state index contributed by atoms with van der Waals surface area (Å²) in [6.45, 7) is 1.33. The molecule has 56 valence electrons. The molecule has 0 aromatic heterocycles. The van der Waals surface area contributed by atoms with E-state index in [0.717, 1.165) is 19.4 Å². The van der Waals surface area contributed by atoms with Gasteiger partial charge in [0, 0.05) is 11.9 Å². The van der Waals surface area contributed by atoms with Gasteiger partial charge in [-0.25, -0.2) is 0 Å². The average Bonchev–Trinajstić information content (AvgIpc) is 2.61. The van der Waals surface area contributed by atoms with Gasteiger partial charge in [0.2, 0.25) is 0 Å².